The van der Waals surface area contributed by atoms with E-state index in [-0.39, 0.29) is 0 Å². The van der Waals surface area contributed by atoms with Crippen LogP contribution in [0.4, 0.5) is 0 Å². The monoisotopic (exact) mass is 220 g/mol. The van der Waals surface area contributed by atoms with Crippen LogP contribution >= 0.6 is 11.3 Å². The van der Waals surface area contributed by atoms with E-state index < -0.39 is 0 Å². The summed E-state index contributed by atoms with van der Waals surface area (Å²) in [7, 11) is 0. The molecule has 0 saturated carbocycles. The summed E-state index contributed by atoms with van der Waals surface area (Å²) in [6.07, 6.45) is 4.66. The van der Waals surface area contributed by atoms with Crippen LogP contribution in [0.2, 0.25) is 0 Å². The van der Waals surface area contributed by atoms with Crippen molar-refractivity contribution in [2.45, 2.75) is 32.6 Å². The molecule has 0 aliphatic heterocycles. The SMILES string of the molecule is CCCCCc1sc2ccccc2c1O. The van der Waals surface area contributed by atoms with E-state index in [1.807, 2.05) is 18.2 Å². The number of aromatic hydroxyl groups is 1. The largest absolute Gasteiger partial charge is 0.506 e. The van der Waals surface area contributed by atoms with Crippen molar-refractivity contribution in [3.05, 3.63) is 29.1 Å². The van der Waals surface area contributed by atoms with E-state index in [1.165, 1.54) is 24.0 Å². The second kappa shape index (κ2) is 4.67. The molecular weight excluding hydrogens is 204 g/mol. The topological polar surface area (TPSA) is 20.2 Å². The van der Waals surface area contributed by atoms with Crippen LogP contribution in [0.25, 0.3) is 10.1 Å². The van der Waals surface area contributed by atoms with Gasteiger partial charge in [-0.05, 0) is 25.0 Å². The Morgan fingerprint density at radius 1 is 1.20 bits per heavy atom. The molecule has 1 heterocycles. The van der Waals surface area contributed by atoms with Crippen molar-refractivity contribution in [2.24, 2.45) is 0 Å². The zero-order chi connectivity index (χ0) is 10.7. The van der Waals surface area contributed by atoms with Gasteiger partial charge >= 0.3 is 0 Å². The van der Waals surface area contributed by atoms with Crippen LogP contribution in [-0.4, -0.2) is 5.11 Å². The molecule has 0 aliphatic carbocycles. The predicted octanol–water partition coefficient (Wildman–Crippen LogP) is 4.34. The fourth-order valence-corrected chi connectivity index (χ4v) is 2.93. The number of hydrogen-bond acceptors (Lipinski definition) is 2. The van der Waals surface area contributed by atoms with Crippen molar-refractivity contribution in [1.82, 2.24) is 0 Å². The zero-order valence-electron chi connectivity index (χ0n) is 8.99. The van der Waals surface area contributed by atoms with E-state index in [9.17, 15) is 5.11 Å². The molecule has 0 aliphatic rings. The molecule has 0 spiro atoms. The van der Waals surface area contributed by atoms with E-state index in [4.69, 9.17) is 0 Å². The van der Waals surface area contributed by atoms with Gasteiger partial charge in [0.2, 0.25) is 0 Å². The van der Waals surface area contributed by atoms with Gasteiger partial charge in [-0.15, -0.1) is 11.3 Å². The van der Waals surface area contributed by atoms with Gasteiger partial charge in [0.1, 0.15) is 5.75 Å². The first-order valence-electron chi connectivity index (χ1n) is 5.52. The lowest BCUT2D eigenvalue weighted by Crippen LogP contribution is -1.80. The third kappa shape index (κ3) is 2.15. The number of rotatable bonds is 4. The Morgan fingerprint density at radius 3 is 2.73 bits per heavy atom. The first-order chi connectivity index (χ1) is 7.33. The van der Waals surface area contributed by atoms with Gasteiger partial charge in [0.05, 0.1) is 0 Å². The van der Waals surface area contributed by atoms with Gasteiger partial charge < -0.3 is 5.11 Å². The standard InChI is InChI=1S/C13H16OS/c1-2-3-4-9-12-13(14)10-7-5-6-8-11(10)15-12/h5-8,14H,2-4,9H2,1H3. The van der Waals surface area contributed by atoms with E-state index in [0.29, 0.717) is 5.75 Å². The summed E-state index contributed by atoms with van der Waals surface area (Å²) in [6, 6.07) is 8.06. The molecule has 1 aromatic carbocycles. The molecule has 1 N–H and O–H groups in total. The quantitative estimate of drug-likeness (QED) is 0.760. The van der Waals surface area contributed by atoms with Crippen molar-refractivity contribution in [3.8, 4) is 5.75 Å². The van der Waals surface area contributed by atoms with Crippen LogP contribution in [0, 0.1) is 0 Å². The van der Waals surface area contributed by atoms with Gasteiger partial charge in [0.25, 0.3) is 0 Å². The van der Waals surface area contributed by atoms with Crippen molar-refractivity contribution < 1.29 is 5.11 Å². The van der Waals surface area contributed by atoms with Crippen LogP contribution in [0.15, 0.2) is 24.3 Å². The number of unbranched alkanes of at least 4 members (excludes halogenated alkanes) is 2. The van der Waals surface area contributed by atoms with E-state index >= 15 is 0 Å². The summed E-state index contributed by atoms with van der Waals surface area (Å²) in [5.74, 6) is 0.506. The second-order valence-electron chi connectivity index (χ2n) is 3.83. The number of fused-ring (bicyclic) bond motifs is 1. The Bertz CT molecular complexity index is 445. The summed E-state index contributed by atoms with van der Waals surface area (Å²) in [4.78, 5) is 1.14. The highest BCUT2D eigenvalue weighted by Gasteiger charge is 2.09. The van der Waals surface area contributed by atoms with Crippen LogP contribution in [0.1, 0.15) is 31.1 Å². The van der Waals surface area contributed by atoms with E-state index in [1.54, 1.807) is 11.3 Å². The van der Waals surface area contributed by atoms with Crippen molar-refractivity contribution in [3.63, 3.8) is 0 Å². The summed E-state index contributed by atoms with van der Waals surface area (Å²) in [5, 5.41) is 11.0. The first-order valence-corrected chi connectivity index (χ1v) is 6.34. The Kier molecular flexibility index (Phi) is 3.27. The Morgan fingerprint density at radius 2 is 2.00 bits per heavy atom. The predicted molar refractivity (Wildman–Crippen MR) is 66.7 cm³/mol. The minimum atomic E-state index is 0.506. The molecule has 0 amide bonds. The van der Waals surface area contributed by atoms with E-state index in [0.717, 1.165) is 16.7 Å². The van der Waals surface area contributed by atoms with Crippen molar-refractivity contribution >= 4 is 21.4 Å². The Labute approximate surface area is 94.4 Å². The van der Waals surface area contributed by atoms with Crippen LogP contribution in [-0.2, 0) is 6.42 Å². The first kappa shape index (κ1) is 10.5. The molecule has 0 fully saturated rings. The maximum absolute atomic E-state index is 10.00. The highest BCUT2D eigenvalue weighted by molar-refractivity contribution is 7.19. The van der Waals surface area contributed by atoms with Gasteiger partial charge in [-0.25, -0.2) is 0 Å². The minimum absolute atomic E-state index is 0.506. The molecule has 0 bridgehead atoms. The number of aryl methyl sites for hydroxylation is 1. The molecular formula is C13H16OS. The number of hydrogen-bond donors (Lipinski definition) is 1. The molecule has 1 aromatic heterocycles. The normalized spacial score (nSPS) is 11.0. The molecule has 2 heteroatoms. The molecule has 2 aromatic rings. The highest BCUT2D eigenvalue weighted by atomic mass is 32.1. The lowest BCUT2D eigenvalue weighted by atomic mass is 10.1. The maximum atomic E-state index is 10.00. The Hall–Kier alpha value is -1.02. The third-order valence-corrected chi connectivity index (χ3v) is 3.87. The fourth-order valence-electron chi connectivity index (χ4n) is 1.79. The molecule has 0 atom stereocenters. The van der Waals surface area contributed by atoms with Crippen molar-refractivity contribution in [1.29, 1.82) is 0 Å². The molecule has 0 radical (unpaired) electrons. The summed E-state index contributed by atoms with van der Waals surface area (Å²) in [6.45, 7) is 2.20. The number of thiophene rings is 1. The van der Waals surface area contributed by atoms with Crippen molar-refractivity contribution in [2.75, 3.05) is 0 Å². The smallest absolute Gasteiger partial charge is 0.137 e. The fraction of sp³-hybridized carbons (Fsp3) is 0.385. The molecule has 1 nitrogen and oxygen atoms in total. The lowest BCUT2D eigenvalue weighted by Gasteiger charge is -1.97. The molecule has 80 valence electrons. The van der Waals surface area contributed by atoms with Gasteiger partial charge in [0, 0.05) is 15.0 Å². The molecule has 0 saturated heterocycles. The number of benzene rings is 1. The minimum Gasteiger partial charge on any atom is -0.506 e. The summed E-state index contributed by atoms with van der Waals surface area (Å²) in [5.41, 5.74) is 0. The third-order valence-electron chi connectivity index (χ3n) is 2.65. The molecule has 2 rings (SSSR count). The van der Waals surface area contributed by atoms with Crippen LogP contribution in [0.3, 0.4) is 0 Å². The van der Waals surface area contributed by atoms with E-state index in [2.05, 4.69) is 13.0 Å². The molecule has 15 heavy (non-hydrogen) atoms. The van der Waals surface area contributed by atoms with Gasteiger partial charge in [-0.3, -0.25) is 0 Å². The van der Waals surface area contributed by atoms with Crippen LogP contribution in [0.5, 0.6) is 5.75 Å². The van der Waals surface area contributed by atoms with Gasteiger partial charge in [-0.1, -0.05) is 31.9 Å². The average Bonchev–Trinajstić information content (AvgIpc) is 2.57. The second-order valence-corrected chi connectivity index (χ2v) is 4.96. The summed E-state index contributed by atoms with van der Waals surface area (Å²) >= 11 is 1.72. The zero-order valence-corrected chi connectivity index (χ0v) is 9.81. The lowest BCUT2D eigenvalue weighted by molar-refractivity contribution is 0.476. The maximum Gasteiger partial charge on any atom is 0.137 e. The van der Waals surface area contributed by atoms with Gasteiger partial charge in [0.15, 0.2) is 0 Å². The summed E-state index contributed by atoms with van der Waals surface area (Å²) < 4.78 is 1.20. The van der Waals surface area contributed by atoms with Crippen LogP contribution < -0.4 is 0 Å². The molecule has 0 unspecified atom stereocenters. The highest BCUT2D eigenvalue weighted by Crippen LogP contribution is 2.37. The Balaban J connectivity index is 2.24. The average molecular weight is 220 g/mol. The van der Waals surface area contributed by atoms with Gasteiger partial charge in [-0.2, -0.15) is 0 Å².